The lowest BCUT2D eigenvalue weighted by Gasteiger charge is -2.18. The quantitative estimate of drug-likeness (QED) is 0.511. The van der Waals surface area contributed by atoms with E-state index in [4.69, 9.17) is 17.0 Å². The van der Waals surface area contributed by atoms with Gasteiger partial charge in [-0.25, -0.2) is 13.6 Å². The van der Waals surface area contributed by atoms with Crippen LogP contribution in [0, 0.1) is 18.6 Å². The second-order valence-electron chi connectivity index (χ2n) is 5.93. The first kappa shape index (κ1) is 22.7. The van der Waals surface area contributed by atoms with E-state index in [0.717, 1.165) is 29.5 Å². The molecule has 156 valence electrons. The summed E-state index contributed by atoms with van der Waals surface area (Å²) in [4.78, 5) is 27.1. The van der Waals surface area contributed by atoms with Crippen LogP contribution in [0.5, 0.6) is 0 Å². The minimum Gasteiger partial charge on any atom is -0.465 e. The molecule has 0 bridgehead atoms. The molecule has 0 aliphatic carbocycles. The highest BCUT2D eigenvalue weighted by Crippen LogP contribution is 2.34. The van der Waals surface area contributed by atoms with Crippen molar-refractivity contribution < 1.29 is 23.1 Å². The maximum Gasteiger partial charge on any atom is 0.341 e. The van der Waals surface area contributed by atoms with Gasteiger partial charge in [-0.2, -0.15) is 0 Å². The first-order valence-electron chi connectivity index (χ1n) is 8.77. The summed E-state index contributed by atoms with van der Waals surface area (Å²) in [6.45, 7) is 6.39. The number of hydrogen-bond acceptors (Lipinski definition) is 5. The average Bonchev–Trinajstić information content (AvgIpc) is 3.00. The summed E-state index contributed by atoms with van der Waals surface area (Å²) in [5, 5.41) is 5.55. The number of anilines is 2. The molecule has 0 saturated heterocycles. The van der Waals surface area contributed by atoms with Crippen molar-refractivity contribution >= 4 is 51.2 Å². The largest absolute Gasteiger partial charge is 0.465 e. The van der Waals surface area contributed by atoms with E-state index in [1.54, 1.807) is 11.8 Å². The Labute approximate surface area is 176 Å². The van der Waals surface area contributed by atoms with Crippen molar-refractivity contribution in [1.29, 1.82) is 0 Å². The summed E-state index contributed by atoms with van der Waals surface area (Å²) >= 11 is 6.21. The van der Waals surface area contributed by atoms with Crippen LogP contribution < -0.4 is 10.6 Å². The molecular weight excluding hydrogens is 420 g/mol. The van der Waals surface area contributed by atoms with Crippen LogP contribution in [-0.2, 0) is 4.74 Å². The number of carbonyl (C=O) groups excluding carboxylic acids is 2. The molecule has 0 saturated carbocycles. The molecule has 10 heteroatoms. The van der Waals surface area contributed by atoms with E-state index in [0.29, 0.717) is 23.5 Å². The monoisotopic (exact) mass is 441 g/mol. The third-order valence-electron chi connectivity index (χ3n) is 4.18. The fourth-order valence-electron chi connectivity index (χ4n) is 2.66. The number of halogens is 2. The molecule has 0 aliphatic heterocycles. The van der Waals surface area contributed by atoms with E-state index in [-0.39, 0.29) is 27.3 Å². The van der Waals surface area contributed by atoms with Gasteiger partial charge in [0.25, 0.3) is 5.91 Å². The Bertz CT molecular complexity index is 943. The van der Waals surface area contributed by atoms with Crippen LogP contribution in [0.4, 0.5) is 19.5 Å². The maximum absolute atomic E-state index is 13.8. The minimum absolute atomic E-state index is 0.0669. The molecule has 1 aromatic heterocycles. The smallest absolute Gasteiger partial charge is 0.341 e. The number of nitrogens with one attached hydrogen (secondary N) is 2. The van der Waals surface area contributed by atoms with Crippen molar-refractivity contribution in [2.45, 2.75) is 20.8 Å². The molecule has 0 radical (unpaired) electrons. The Morgan fingerprint density at radius 3 is 2.45 bits per heavy atom. The lowest BCUT2D eigenvalue weighted by molar-refractivity contribution is 0.0601. The average molecular weight is 442 g/mol. The second-order valence-corrected chi connectivity index (χ2v) is 7.36. The number of thiocarbonyl (C=S) groups is 1. The van der Waals surface area contributed by atoms with Crippen molar-refractivity contribution in [3.8, 4) is 0 Å². The van der Waals surface area contributed by atoms with Crippen LogP contribution in [-0.4, -0.2) is 42.1 Å². The first-order valence-corrected chi connectivity index (χ1v) is 9.99. The van der Waals surface area contributed by atoms with Gasteiger partial charge in [-0.05, 0) is 50.7 Å². The molecule has 0 unspecified atom stereocenters. The molecule has 0 atom stereocenters. The predicted octanol–water partition coefficient (Wildman–Crippen LogP) is 4.41. The lowest BCUT2D eigenvalue weighted by Crippen LogP contribution is -2.30. The van der Waals surface area contributed by atoms with E-state index in [1.807, 2.05) is 13.8 Å². The summed E-state index contributed by atoms with van der Waals surface area (Å²) in [7, 11) is 1.23. The third-order valence-corrected chi connectivity index (χ3v) is 5.58. The van der Waals surface area contributed by atoms with Gasteiger partial charge < -0.3 is 20.3 Å². The number of amides is 1. The van der Waals surface area contributed by atoms with Gasteiger partial charge in [-0.1, -0.05) is 0 Å². The summed E-state index contributed by atoms with van der Waals surface area (Å²) in [6, 6.07) is 2.91. The molecule has 1 aromatic carbocycles. The van der Waals surface area contributed by atoms with Gasteiger partial charge in [0.2, 0.25) is 0 Å². The molecule has 1 amide bonds. The summed E-state index contributed by atoms with van der Waals surface area (Å²) < 4.78 is 32.0. The molecule has 0 spiro atoms. The number of rotatable bonds is 6. The molecule has 29 heavy (non-hydrogen) atoms. The molecule has 6 nitrogen and oxygen atoms in total. The van der Waals surface area contributed by atoms with Gasteiger partial charge in [0.15, 0.2) is 5.11 Å². The zero-order valence-corrected chi connectivity index (χ0v) is 18.0. The summed E-state index contributed by atoms with van der Waals surface area (Å²) in [6.07, 6.45) is 0. The predicted molar refractivity (Wildman–Crippen MR) is 114 cm³/mol. The van der Waals surface area contributed by atoms with E-state index in [9.17, 15) is 18.4 Å². The zero-order valence-electron chi connectivity index (χ0n) is 16.4. The Hall–Kier alpha value is -2.59. The van der Waals surface area contributed by atoms with Crippen molar-refractivity contribution in [3.63, 3.8) is 0 Å². The number of esters is 1. The van der Waals surface area contributed by atoms with Crippen LogP contribution in [0.1, 0.15) is 39.4 Å². The van der Waals surface area contributed by atoms with E-state index in [1.165, 1.54) is 7.11 Å². The second kappa shape index (κ2) is 9.75. The van der Waals surface area contributed by atoms with Gasteiger partial charge in [-0.15, -0.1) is 11.3 Å². The summed E-state index contributed by atoms with van der Waals surface area (Å²) in [5.41, 5.74) is 0.465. The van der Waals surface area contributed by atoms with E-state index >= 15 is 0 Å². The van der Waals surface area contributed by atoms with Crippen LogP contribution in [0.15, 0.2) is 18.2 Å². The highest BCUT2D eigenvalue weighted by Gasteiger charge is 2.27. The Balaban J connectivity index is 2.36. The molecule has 0 aliphatic rings. The van der Waals surface area contributed by atoms with Gasteiger partial charge >= 0.3 is 5.97 Å². The van der Waals surface area contributed by atoms with Gasteiger partial charge in [-0.3, -0.25) is 4.79 Å². The highest BCUT2D eigenvalue weighted by molar-refractivity contribution is 7.80. The third kappa shape index (κ3) is 5.07. The topological polar surface area (TPSA) is 70.7 Å². The number of nitrogens with zero attached hydrogens (tertiary/aromatic N) is 1. The van der Waals surface area contributed by atoms with Crippen LogP contribution >= 0.6 is 23.6 Å². The molecule has 2 rings (SSSR count). The number of benzene rings is 1. The molecular formula is C19H21F2N3O3S2. The first-order chi connectivity index (χ1) is 13.7. The van der Waals surface area contributed by atoms with Crippen molar-refractivity contribution in [3.05, 3.63) is 45.8 Å². The fraction of sp³-hybridized carbons (Fsp3) is 0.316. The molecule has 0 fully saturated rings. The van der Waals surface area contributed by atoms with Crippen molar-refractivity contribution in [1.82, 2.24) is 4.90 Å². The Morgan fingerprint density at radius 2 is 1.86 bits per heavy atom. The van der Waals surface area contributed by atoms with Gasteiger partial charge in [0.05, 0.1) is 23.2 Å². The molecule has 2 aromatic rings. The zero-order chi connectivity index (χ0) is 21.7. The molecule has 1 heterocycles. The van der Waals surface area contributed by atoms with Gasteiger partial charge in [0.1, 0.15) is 16.6 Å². The van der Waals surface area contributed by atoms with Crippen LogP contribution in [0.2, 0.25) is 0 Å². The summed E-state index contributed by atoms with van der Waals surface area (Å²) in [5.74, 6) is -2.18. The number of ether oxygens (including phenoxy) is 1. The fourth-order valence-corrected chi connectivity index (χ4v) is 4.10. The molecule has 2 N–H and O–H groups in total. The van der Waals surface area contributed by atoms with Crippen molar-refractivity contribution in [2.75, 3.05) is 30.8 Å². The number of methoxy groups -OCH3 is 1. The van der Waals surface area contributed by atoms with E-state index < -0.39 is 17.6 Å². The highest BCUT2D eigenvalue weighted by atomic mass is 32.1. The van der Waals surface area contributed by atoms with Crippen LogP contribution in [0.25, 0.3) is 0 Å². The maximum atomic E-state index is 13.8. The minimum atomic E-state index is -0.691. The number of hydrogen-bond donors (Lipinski definition) is 2. The SMILES string of the molecule is CCN(CC)C(=O)c1sc(NC(=S)Nc2cc(F)ccc2F)c(C(=O)OC)c1C. The standard InChI is InChI=1S/C19H21F2N3O3S2/c1-5-24(6-2)17(25)15-10(3)14(18(26)27-4)16(29-15)23-19(28)22-13-9-11(20)7-8-12(13)21/h7-9H,5-6H2,1-4H3,(H2,22,23,28). The number of thiophene rings is 1. The number of carbonyl (C=O) groups is 2. The van der Waals surface area contributed by atoms with Gasteiger partial charge in [0, 0.05) is 19.2 Å². The Morgan fingerprint density at radius 1 is 1.21 bits per heavy atom. The van der Waals surface area contributed by atoms with E-state index in [2.05, 4.69) is 10.6 Å². The lowest BCUT2D eigenvalue weighted by atomic mass is 10.1. The van der Waals surface area contributed by atoms with Crippen molar-refractivity contribution in [2.24, 2.45) is 0 Å². The normalized spacial score (nSPS) is 10.4. The Kier molecular flexibility index (Phi) is 7.63. The van der Waals surface area contributed by atoms with Crippen LogP contribution in [0.3, 0.4) is 0 Å².